The molecule has 0 aromatic heterocycles. The maximum absolute atomic E-state index is 13.5. The van der Waals surface area contributed by atoms with Crippen molar-refractivity contribution in [2.45, 2.75) is 82.8 Å². The van der Waals surface area contributed by atoms with Gasteiger partial charge in [0.05, 0.1) is 29.8 Å². The van der Waals surface area contributed by atoms with Gasteiger partial charge in [0.2, 0.25) is 11.8 Å². The zero-order chi connectivity index (χ0) is 26.9. The molecule has 0 aliphatic carbocycles. The van der Waals surface area contributed by atoms with Crippen LogP contribution in [-0.4, -0.2) is 82.0 Å². The number of hydrogen-bond acceptors (Lipinski definition) is 7. The molecule has 10 nitrogen and oxygen atoms in total. The molecule has 0 unspecified atom stereocenters. The van der Waals surface area contributed by atoms with Crippen molar-refractivity contribution in [3.63, 3.8) is 0 Å². The van der Waals surface area contributed by atoms with E-state index in [1.807, 2.05) is 34.9 Å². The molecular formula is C27H34N6O4. The number of benzene rings is 1. The number of carbonyl (C=O) groups excluding carboxylic acids is 3. The Morgan fingerprint density at radius 1 is 1.27 bits per heavy atom. The van der Waals surface area contributed by atoms with E-state index in [4.69, 9.17) is 4.74 Å². The minimum Gasteiger partial charge on any atom is -0.444 e. The molecule has 37 heavy (non-hydrogen) atoms. The summed E-state index contributed by atoms with van der Waals surface area (Å²) in [5.41, 5.74) is 0.723. The Balaban J connectivity index is 1.48. The molecule has 1 aromatic carbocycles. The number of carbonyl (C=O) groups is 3. The summed E-state index contributed by atoms with van der Waals surface area (Å²) >= 11 is 0. The van der Waals surface area contributed by atoms with Crippen LogP contribution in [0.2, 0.25) is 0 Å². The fourth-order valence-corrected chi connectivity index (χ4v) is 5.66. The monoisotopic (exact) mass is 506 g/mol. The Labute approximate surface area is 217 Å². The molecule has 1 N–H and O–H groups in total. The normalized spacial score (nSPS) is 24.9. The highest BCUT2D eigenvalue weighted by atomic mass is 16.6. The van der Waals surface area contributed by atoms with Crippen LogP contribution in [0.1, 0.15) is 64.1 Å². The van der Waals surface area contributed by atoms with E-state index in [0.29, 0.717) is 31.5 Å². The first-order chi connectivity index (χ1) is 17.5. The number of piperazine rings is 1. The summed E-state index contributed by atoms with van der Waals surface area (Å²) in [6.45, 7) is 8.39. The van der Waals surface area contributed by atoms with Gasteiger partial charge in [0, 0.05) is 25.7 Å². The minimum absolute atomic E-state index is 0.0225. The average Bonchev–Trinajstić information content (AvgIpc) is 3.56. The van der Waals surface area contributed by atoms with Crippen LogP contribution in [0.5, 0.6) is 0 Å². The number of nitrogens with zero attached hydrogens (tertiary/aromatic N) is 5. The van der Waals surface area contributed by atoms with E-state index in [9.17, 15) is 24.9 Å². The molecule has 3 amide bonds. The van der Waals surface area contributed by atoms with Gasteiger partial charge in [0.15, 0.2) is 0 Å². The summed E-state index contributed by atoms with van der Waals surface area (Å²) in [6, 6.07) is 9.54. The fraction of sp³-hybridized carbons (Fsp3) is 0.593. The Bertz CT molecular complexity index is 1150. The summed E-state index contributed by atoms with van der Waals surface area (Å²) < 4.78 is 5.40. The summed E-state index contributed by atoms with van der Waals surface area (Å²) in [5.74, 6) is -0.352. The quantitative estimate of drug-likeness (QED) is 0.627. The first kappa shape index (κ1) is 26.4. The molecule has 0 saturated carbocycles. The number of nitriles is 2. The number of nitrogens with one attached hydrogen (secondary N) is 1. The highest BCUT2D eigenvalue weighted by Gasteiger charge is 2.52. The van der Waals surface area contributed by atoms with Gasteiger partial charge in [-0.25, -0.2) is 4.79 Å². The third kappa shape index (κ3) is 5.55. The van der Waals surface area contributed by atoms with Gasteiger partial charge in [-0.1, -0.05) is 12.1 Å². The van der Waals surface area contributed by atoms with E-state index in [2.05, 4.69) is 17.5 Å². The van der Waals surface area contributed by atoms with Crippen LogP contribution in [-0.2, 0) is 14.3 Å². The van der Waals surface area contributed by atoms with Gasteiger partial charge in [0.1, 0.15) is 17.7 Å². The molecular weight excluding hydrogens is 472 g/mol. The highest BCUT2D eigenvalue weighted by molar-refractivity contribution is 5.88. The van der Waals surface area contributed by atoms with E-state index in [-0.39, 0.29) is 30.4 Å². The van der Waals surface area contributed by atoms with E-state index >= 15 is 0 Å². The maximum Gasteiger partial charge on any atom is 0.408 e. The van der Waals surface area contributed by atoms with Gasteiger partial charge in [-0.3, -0.25) is 14.5 Å². The first-order valence-electron chi connectivity index (χ1n) is 12.8. The summed E-state index contributed by atoms with van der Waals surface area (Å²) in [6.07, 6.45) is 1.27. The molecule has 196 valence electrons. The Morgan fingerprint density at radius 3 is 2.68 bits per heavy atom. The molecule has 3 aliphatic rings. The second-order valence-electron chi connectivity index (χ2n) is 11.0. The molecule has 3 saturated heterocycles. The van der Waals surface area contributed by atoms with E-state index in [1.54, 1.807) is 26.8 Å². The van der Waals surface area contributed by atoms with Crippen LogP contribution in [0.4, 0.5) is 4.79 Å². The highest BCUT2D eigenvalue weighted by Crippen LogP contribution is 2.38. The first-order valence-corrected chi connectivity index (χ1v) is 12.8. The van der Waals surface area contributed by atoms with Crippen LogP contribution >= 0.6 is 0 Å². The number of hydrogen-bond donors (Lipinski definition) is 1. The third-order valence-electron chi connectivity index (χ3n) is 7.32. The lowest BCUT2D eigenvalue weighted by atomic mass is 10.0. The van der Waals surface area contributed by atoms with Crippen LogP contribution in [0, 0.1) is 22.7 Å². The molecule has 3 fully saturated rings. The summed E-state index contributed by atoms with van der Waals surface area (Å²) in [5, 5.41) is 21.4. The lowest BCUT2D eigenvalue weighted by molar-refractivity contribution is -0.141. The van der Waals surface area contributed by atoms with E-state index < -0.39 is 29.8 Å². The number of rotatable bonds is 6. The SMILES string of the molecule is C[C@@H](c1cccc(C#N)c1)N1C(=O)[C@@H]2C[C@H]1CN2C[C@H](NC(=O)OC(C)(C)C)C(=O)N1CCC[C@H]1C#N. The van der Waals surface area contributed by atoms with Crippen molar-refractivity contribution in [1.82, 2.24) is 20.0 Å². The zero-order valence-electron chi connectivity index (χ0n) is 21.8. The lowest BCUT2D eigenvalue weighted by Gasteiger charge is -2.39. The number of ether oxygens (including phenoxy) is 1. The standard InChI is InChI=1S/C27H34N6O4/c1-17(19-8-5-7-18(11-19)13-28)33-21-12-23(25(33)35)31(15-21)16-22(30-26(36)37-27(2,3)4)24(34)32-10-6-9-20(32)14-29/h5,7-8,11,17,20-23H,6,9-10,12,15-16H2,1-4H3,(H,30,36)/t17-,20-,21-,22-,23-/m0/s1. The van der Waals surface area contributed by atoms with Gasteiger partial charge >= 0.3 is 6.09 Å². The van der Waals surface area contributed by atoms with Crippen LogP contribution in [0.3, 0.4) is 0 Å². The van der Waals surface area contributed by atoms with Gasteiger partial charge in [-0.2, -0.15) is 10.5 Å². The molecule has 0 radical (unpaired) electrons. The number of fused-ring (bicyclic) bond motifs is 2. The van der Waals surface area contributed by atoms with Crippen LogP contribution < -0.4 is 5.32 Å². The molecule has 5 atom stereocenters. The Kier molecular flexibility index (Phi) is 7.42. The second-order valence-corrected chi connectivity index (χ2v) is 11.0. The van der Waals surface area contributed by atoms with Crippen molar-refractivity contribution >= 4 is 17.9 Å². The zero-order valence-corrected chi connectivity index (χ0v) is 21.8. The molecule has 3 heterocycles. The minimum atomic E-state index is -0.936. The average molecular weight is 507 g/mol. The van der Waals surface area contributed by atoms with Crippen LogP contribution in [0.25, 0.3) is 0 Å². The second kappa shape index (κ2) is 10.4. The van der Waals surface area contributed by atoms with Gasteiger partial charge in [0.25, 0.3) is 0 Å². The fourth-order valence-electron chi connectivity index (χ4n) is 5.66. The van der Waals surface area contributed by atoms with Crippen molar-refractivity contribution in [1.29, 1.82) is 10.5 Å². The largest absolute Gasteiger partial charge is 0.444 e. The van der Waals surface area contributed by atoms with Gasteiger partial charge < -0.3 is 19.9 Å². The smallest absolute Gasteiger partial charge is 0.408 e. The molecule has 3 aliphatic heterocycles. The van der Waals surface area contributed by atoms with Gasteiger partial charge in [-0.15, -0.1) is 0 Å². The predicted octanol–water partition coefficient (Wildman–Crippen LogP) is 2.31. The molecule has 0 spiro atoms. The Morgan fingerprint density at radius 2 is 2.03 bits per heavy atom. The summed E-state index contributed by atoms with van der Waals surface area (Å²) in [4.78, 5) is 44.9. The van der Waals surface area contributed by atoms with E-state index in [0.717, 1.165) is 12.0 Å². The van der Waals surface area contributed by atoms with Crippen molar-refractivity contribution in [2.75, 3.05) is 19.6 Å². The summed E-state index contributed by atoms with van der Waals surface area (Å²) in [7, 11) is 0. The number of likely N-dealkylation sites (tertiary alicyclic amines) is 3. The molecule has 1 aromatic rings. The maximum atomic E-state index is 13.5. The Hall–Kier alpha value is -3.63. The van der Waals surface area contributed by atoms with Crippen molar-refractivity contribution in [3.05, 3.63) is 35.4 Å². The topological polar surface area (TPSA) is 130 Å². The number of alkyl carbamates (subject to hydrolysis) is 1. The lowest BCUT2D eigenvalue weighted by Crippen LogP contribution is -2.59. The van der Waals surface area contributed by atoms with Gasteiger partial charge in [-0.05, 0) is 64.7 Å². The van der Waals surface area contributed by atoms with Crippen molar-refractivity contribution in [3.8, 4) is 12.1 Å². The number of amides is 3. The molecule has 2 bridgehead atoms. The van der Waals surface area contributed by atoms with E-state index in [1.165, 1.54) is 4.90 Å². The van der Waals surface area contributed by atoms with Crippen molar-refractivity contribution < 1.29 is 19.1 Å². The predicted molar refractivity (Wildman–Crippen MR) is 134 cm³/mol. The van der Waals surface area contributed by atoms with Crippen LogP contribution in [0.15, 0.2) is 24.3 Å². The third-order valence-corrected chi connectivity index (χ3v) is 7.32. The van der Waals surface area contributed by atoms with Crippen molar-refractivity contribution in [2.24, 2.45) is 0 Å². The molecule has 10 heteroatoms. The molecule has 4 rings (SSSR count).